The first-order valence-corrected chi connectivity index (χ1v) is 10.5. The number of hydrogen-bond donors (Lipinski definition) is 0. The molecule has 0 aromatic carbocycles. The van der Waals surface area contributed by atoms with Gasteiger partial charge in [-0.2, -0.15) is 0 Å². The van der Waals surface area contributed by atoms with Crippen LogP contribution in [0.2, 0.25) is 0 Å². The van der Waals surface area contributed by atoms with Crippen molar-refractivity contribution >= 4 is 0 Å². The van der Waals surface area contributed by atoms with Gasteiger partial charge < -0.3 is 0 Å². The summed E-state index contributed by atoms with van der Waals surface area (Å²) < 4.78 is 0. The zero-order valence-electron chi connectivity index (χ0n) is 16.1. The lowest BCUT2D eigenvalue weighted by Crippen LogP contribution is -2.27. The zero-order chi connectivity index (χ0) is 16.1. The first kappa shape index (κ1) is 18.3. The van der Waals surface area contributed by atoms with Gasteiger partial charge >= 0.3 is 0 Å². The molecule has 0 amide bonds. The fraction of sp³-hybridized carbons (Fsp3) is 1.00. The highest BCUT2D eigenvalue weighted by molar-refractivity contribution is 4.80. The maximum atomic E-state index is 2.52. The van der Waals surface area contributed by atoms with Crippen molar-refractivity contribution in [1.29, 1.82) is 0 Å². The van der Waals surface area contributed by atoms with E-state index in [1.54, 1.807) is 0 Å². The van der Waals surface area contributed by atoms with Crippen LogP contribution in [-0.4, -0.2) is 0 Å². The number of hydrogen-bond acceptors (Lipinski definition) is 0. The van der Waals surface area contributed by atoms with Crippen LogP contribution in [0.4, 0.5) is 0 Å². The molecule has 0 heteroatoms. The molecule has 0 radical (unpaired) electrons. The van der Waals surface area contributed by atoms with Crippen molar-refractivity contribution < 1.29 is 0 Å². The fourth-order valence-electron chi connectivity index (χ4n) is 5.35. The van der Waals surface area contributed by atoms with Gasteiger partial charge in [-0.15, -0.1) is 0 Å². The van der Waals surface area contributed by atoms with Gasteiger partial charge in [0.2, 0.25) is 0 Å². The summed E-state index contributed by atoms with van der Waals surface area (Å²) in [6.45, 7) is 12.4. The summed E-state index contributed by atoms with van der Waals surface area (Å²) in [7, 11) is 0. The SMILES string of the molecule is CC1CCC(C)C(CCCCC2CC(C)C(C)C(C)C2)CC1. The van der Waals surface area contributed by atoms with Gasteiger partial charge in [-0.1, -0.05) is 79.6 Å². The lowest BCUT2D eigenvalue weighted by molar-refractivity contribution is 0.133. The minimum absolute atomic E-state index is 0.949. The van der Waals surface area contributed by atoms with E-state index in [0.29, 0.717) is 0 Å². The van der Waals surface area contributed by atoms with Crippen LogP contribution in [0.15, 0.2) is 0 Å². The molecule has 0 heterocycles. The summed E-state index contributed by atoms with van der Waals surface area (Å²) in [4.78, 5) is 0. The van der Waals surface area contributed by atoms with Crippen molar-refractivity contribution in [2.45, 2.75) is 98.8 Å². The molecule has 0 aromatic heterocycles. The lowest BCUT2D eigenvalue weighted by Gasteiger charge is -2.37. The van der Waals surface area contributed by atoms with E-state index in [9.17, 15) is 0 Å². The third-order valence-corrected chi connectivity index (χ3v) is 7.59. The van der Waals surface area contributed by atoms with Crippen LogP contribution in [0.1, 0.15) is 98.8 Å². The summed E-state index contributed by atoms with van der Waals surface area (Å²) in [6, 6.07) is 0. The summed E-state index contributed by atoms with van der Waals surface area (Å²) in [5, 5.41) is 0. The molecule has 2 aliphatic carbocycles. The van der Waals surface area contributed by atoms with Crippen LogP contribution >= 0.6 is 0 Å². The monoisotopic (exact) mass is 306 g/mol. The first-order valence-electron chi connectivity index (χ1n) is 10.5. The standard InChI is InChI=1S/C22H42/c1-16-10-12-17(2)22(13-11-16)9-7-6-8-21-14-18(3)20(5)19(4)15-21/h16-22H,6-15H2,1-5H3. The largest absolute Gasteiger partial charge is 0.0625 e. The Kier molecular flexibility index (Phi) is 7.29. The Balaban J connectivity index is 1.64. The Labute approximate surface area is 140 Å². The molecule has 0 spiro atoms. The molecule has 5 atom stereocenters. The average Bonchev–Trinajstić information content (AvgIpc) is 2.64. The van der Waals surface area contributed by atoms with Crippen molar-refractivity contribution in [3.63, 3.8) is 0 Å². The van der Waals surface area contributed by atoms with Gasteiger partial charge in [0, 0.05) is 0 Å². The molecule has 0 saturated heterocycles. The first-order chi connectivity index (χ1) is 10.5. The molecule has 130 valence electrons. The molecule has 0 nitrogen and oxygen atoms in total. The molecule has 2 saturated carbocycles. The van der Waals surface area contributed by atoms with Crippen LogP contribution in [-0.2, 0) is 0 Å². The van der Waals surface area contributed by atoms with Crippen molar-refractivity contribution in [2.24, 2.45) is 41.4 Å². The molecular weight excluding hydrogens is 264 g/mol. The van der Waals surface area contributed by atoms with Gasteiger partial charge in [0.15, 0.2) is 0 Å². The maximum Gasteiger partial charge on any atom is -0.0388 e. The molecule has 22 heavy (non-hydrogen) atoms. The molecule has 5 unspecified atom stereocenters. The predicted octanol–water partition coefficient (Wildman–Crippen LogP) is 7.33. The molecule has 0 aromatic rings. The lowest BCUT2D eigenvalue weighted by atomic mass is 9.69. The van der Waals surface area contributed by atoms with Crippen molar-refractivity contribution in [2.75, 3.05) is 0 Å². The molecule has 0 N–H and O–H groups in total. The van der Waals surface area contributed by atoms with Crippen molar-refractivity contribution in [3.8, 4) is 0 Å². The highest BCUT2D eigenvalue weighted by atomic mass is 14.3. The van der Waals surface area contributed by atoms with Crippen LogP contribution in [0.3, 0.4) is 0 Å². The Bertz CT molecular complexity index is 295. The summed E-state index contributed by atoms with van der Waals surface area (Å²) in [5.74, 6) is 6.90. The van der Waals surface area contributed by atoms with Gasteiger partial charge in [-0.3, -0.25) is 0 Å². The topological polar surface area (TPSA) is 0 Å². The normalized spacial score (nSPS) is 43.8. The minimum atomic E-state index is 0.949. The average molecular weight is 307 g/mol. The van der Waals surface area contributed by atoms with E-state index in [1.807, 2.05) is 0 Å². The van der Waals surface area contributed by atoms with Crippen LogP contribution in [0.5, 0.6) is 0 Å². The highest BCUT2D eigenvalue weighted by Crippen LogP contribution is 2.40. The van der Waals surface area contributed by atoms with E-state index in [0.717, 1.165) is 41.4 Å². The van der Waals surface area contributed by atoms with E-state index < -0.39 is 0 Å². The molecule has 0 bridgehead atoms. The van der Waals surface area contributed by atoms with Crippen LogP contribution < -0.4 is 0 Å². The van der Waals surface area contributed by atoms with E-state index in [1.165, 1.54) is 64.2 Å². The van der Waals surface area contributed by atoms with Crippen LogP contribution in [0.25, 0.3) is 0 Å². The smallest absolute Gasteiger partial charge is 0.0388 e. The predicted molar refractivity (Wildman–Crippen MR) is 99.0 cm³/mol. The van der Waals surface area contributed by atoms with E-state index in [4.69, 9.17) is 0 Å². The van der Waals surface area contributed by atoms with E-state index in [-0.39, 0.29) is 0 Å². The second-order valence-electron chi connectivity index (χ2n) is 9.43. The minimum Gasteiger partial charge on any atom is -0.0625 e. The zero-order valence-corrected chi connectivity index (χ0v) is 16.1. The summed E-state index contributed by atoms with van der Waals surface area (Å²) in [6.07, 6.45) is 15.0. The molecule has 2 rings (SSSR count). The third kappa shape index (κ3) is 5.27. The third-order valence-electron chi connectivity index (χ3n) is 7.59. The second kappa shape index (κ2) is 8.74. The highest BCUT2D eigenvalue weighted by Gasteiger charge is 2.29. The van der Waals surface area contributed by atoms with Crippen LogP contribution in [0, 0.1) is 41.4 Å². The molecule has 0 aliphatic heterocycles. The Hall–Kier alpha value is 0. The van der Waals surface area contributed by atoms with Gasteiger partial charge in [0.1, 0.15) is 0 Å². The van der Waals surface area contributed by atoms with Gasteiger partial charge in [0.25, 0.3) is 0 Å². The Morgan fingerprint density at radius 1 is 0.636 bits per heavy atom. The quantitative estimate of drug-likeness (QED) is 0.368. The molecular formula is C22H42. The van der Waals surface area contributed by atoms with Gasteiger partial charge in [-0.05, 0) is 60.7 Å². The maximum absolute atomic E-state index is 2.52. The van der Waals surface area contributed by atoms with Crippen molar-refractivity contribution in [3.05, 3.63) is 0 Å². The second-order valence-corrected chi connectivity index (χ2v) is 9.43. The summed E-state index contributed by atoms with van der Waals surface area (Å²) >= 11 is 0. The van der Waals surface area contributed by atoms with Crippen molar-refractivity contribution in [1.82, 2.24) is 0 Å². The number of unbranched alkanes of at least 4 members (excludes halogenated alkanes) is 1. The Morgan fingerprint density at radius 3 is 1.91 bits per heavy atom. The molecule has 2 aliphatic rings. The van der Waals surface area contributed by atoms with E-state index in [2.05, 4.69) is 34.6 Å². The van der Waals surface area contributed by atoms with Gasteiger partial charge in [-0.25, -0.2) is 0 Å². The van der Waals surface area contributed by atoms with Gasteiger partial charge in [0.05, 0.1) is 0 Å². The Morgan fingerprint density at radius 2 is 1.23 bits per heavy atom. The van der Waals surface area contributed by atoms with E-state index >= 15 is 0 Å². The number of rotatable bonds is 5. The fourth-order valence-corrected chi connectivity index (χ4v) is 5.35. The summed E-state index contributed by atoms with van der Waals surface area (Å²) in [5.41, 5.74) is 0. The molecule has 2 fully saturated rings.